The van der Waals surface area contributed by atoms with Crippen LogP contribution in [0.3, 0.4) is 0 Å². The number of fused-ring (bicyclic) bond motifs is 6. The molecule has 0 bridgehead atoms. The first kappa shape index (κ1) is 38.1. The minimum atomic E-state index is 0.117. The van der Waals surface area contributed by atoms with Gasteiger partial charge < -0.3 is 34.0 Å². The number of nitrogens with zero attached hydrogens (tertiary/aromatic N) is 4. The molecule has 0 saturated carbocycles. The maximum Gasteiger partial charge on any atom is 0.223 e. The van der Waals surface area contributed by atoms with Crippen LogP contribution in [0.15, 0.2) is 48.7 Å². The molecule has 0 unspecified atom stereocenters. The normalized spacial score (nSPS) is 17.3. The first-order valence-corrected chi connectivity index (χ1v) is 20.8. The van der Waals surface area contributed by atoms with Crippen molar-refractivity contribution in [2.24, 2.45) is 11.8 Å². The number of aromatic nitrogens is 4. The Bertz CT molecular complexity index is 2180. The highest BCUT2D eigenvalue weighted by Crippen LogP contribution is 2.42. The Labute approximate surface area is 329 Å². The van der Waals surface area contributed by atoms with Gasteiger partial charge in [0, 0.05) is 62.3 Å². The van der Waals surface area contributed by atoms with Gasteiger partial charge in [0.05, 0.1) is 36.0 Å². The Balaban J connectivity index is 0.998. The van der Waals surface area contributed by atoms with E-state index in [1.807, 2.05) is 16.0 Å². The smallest absolute Gasteiger partial charge is 0.223 e. The van der Waals surface area contributed by atoms with Crippen molar-refractivity contribution in [3.8, 4) is 28.1 Å². The predicted molar refractivity (Wildman–Crippen MR) is 218 cm³/mol. The third-order valence-electron chi connectivity index (χ3n) is 12.5. The lowest BCUT2D eigenvalue weighted by Crippen LogP contribution is -2.39. The highest BCUT2D eigenvalue weighted by atomic mass is 16.5. The molecule has 11 heteroatoms. The van der Waals surface area contributed by atoms with Crippen LogP contribution >= 0.6 is 0 Å². The van der Waals surface area contributed by atoms with Gasteiger partial charge in [-0.1, -0.05) is 32.0 Å². The average molecular weight is 761 g/mol. The molecule has 2 aromatic heterocycles. The standard InChI is InChI=1S/C45H56N6O5/c1-5-28(3)50(43(52)19-30-11-15-54-16-12-30)25-41-46-24-39(48-41)33-7-9-35-34(21-33)27-56-40-23-36-32(22-37(35)40)8-10-38-45(36)49-42(47-38)26-51(29(4)6-2)44(53)20-31-13-17-55-18-14-31/h7-10,21-24,28-31H,5-6,11-20,25-27H2,1-4H3,(H,46,48)(H,47,49)/t28-,29-/m0/s1. The third kappa shape index (κ3) is 8.07. The van der Waals surface area contributed by atoms with Gasteiger partial charge >= 0.3 is 0 Å². The van der Waals surface area contributed by atoms with Crippen molar-refractivity contribution in [2.75, 3.05) is 26.4 Å². The van der Waals surface area contributed by atoms with Crippen LogP contribution in [0, 0.1) is 11.8 Å². The fourth-order valence-electron chi connectivity index (χ4n) is 8.54. The fraction of sp³-hybridized carbons (Fsp3) is 0.511. The minimum absolute atomic E-state index is 0.117. The molecular weight excluding hydrogens is 705 g/mol. The monoisotopic (exact) mass is 760 g/mol. The number of carbonyl (C=O) groups excluding carboxylic acids is 2. The van der Waals surface area contributed by atoms with Crippen molar-refractivity contribution in [1.82, 2.24) is 29.7 Å². The van der Waals surface area contributed by atoms with E-state index >= 15 is 0 Å². The third-order valence-corrected chi connectivity index (χ3v) is 12.5. The van der Waals surface area contributed by atoms with Crippen molar-refractivity contribution < 1.29 is 23.8 Å². The van der Waals surface area contributed by atoms with Gasteiger partial charge in [0.25, 0.3) is 0 Å². The number of hydrogen-bond acceptors (Lipinski definition) is 7. The van der Waals surface area contributed by atoms with Crippen LogP contribution in [0.25, 0.3) is 44.2 Å². The summed E-state index contributed by atoms with van der Waals surface area (Å²) in [7, 11) is 0. The number of imidazole rings is 2. The Morgan fingerprint density at radius 2 is 1.43 bits per heavy atom. The van der Waals surface area contributed by atoms with Gasteiger partial charge in [0.2, 0.25) is 11.8 Å². The highest BCUT2D eigenvalue weighted by Gasteiger charge is 2.28. The predicted octanol–water partition coefficient (Wildman–Crippen LogP) is 8.55. The van der Waals surface area contributed by atoms with Crippen LogP contribution in [0.4, 0.5) is 0 Å². The fourth-order valence-corrected chi connectivity index (χ4v) is 8.54. The van der Waals surface area contributed by atoms with Gasteiger partial charge in [0.1, 0.15) is 24.0 Å². The first-order valence-electron chi connectivity index (χ1n) is 20.8. The molecule has 2 fully saturated rings. The summed E-state index contributed by atoms with van der Waals surface area (Å²) in [5.41, 5.74) is 7.09. The Hall–Kier alpha value is -4.74. The van der Waals surface area contributed by atoms with Gasteiger partial charge in [-0.2, -0.15) is 0 Å². The number of hydrogen-bond donors (Lipinski definition) is 2. The number of ether oxygens (including phenoxy) is 3. The summed E-state index contributed by atoms with van der Waals surface area (Å²) < 4.78 is 17.5. The van der Waals surface area contributed by atoms with Crippen molar-refractivity contribution >= 4 is 33.6 Å². The van der Waals surface area contributed by atoms with E-state index in [0.717, 1.165) is 132 Å². The van der Waals surface area contributed by atoms with Crippen LogP contribution in [0.5, 0.6) is 5.75 Å². The topological polar surface area (TPSA) is 126 Å². The molecule has 56 heavy (non-hydrogen) atoms. The summed E-state index contributed by atoms with van der Waals surface area (Å²) in [5.74, 6) is 3.56. The molecule has 3 aliphatic heterocycles. The summed E-state index contributed by atoms with van der Waals surface area (Å²) in [6.45, 7) is 12.8. The van der Waals surface area contributed by atoms with Gasteiger partial charge in [-0.05, 0) is 111 Å². The lowest BCUT2D eigenvalue weighted by Gasteiger charge is -2.30. The number of aromatic amines is 2. The van der Waals surface area contributed by atoms with E-state index < -0.39 is 0 Å². The molecule has 11 nitrogen and oxygen atoms in total. The lowest BCUT2D eigenvalue weighted by atomic mass is 9.92. The SMILES string of the molecule is CC[C@H](C)N(Cc1ncc(-c2ccc3c(c2)COc2cc4c(ccc5[nH]c(CN(C(=O)CC6CCOCC6)[C@@H](C)CC)nc54)cc2-3)[nH]1)C(=O)CC1CCOCC1. The van der Waals surface area contributed by atoms with Gasteiger partial charge in [-0.25, -0.2) is 9.97 Å². The van der Waals surface area contributed by atoms with E-state index in [4.69, 9.17) is 24.2 Å². The molecule has 2 atom stereocenters. The van der Waals surface area contributed by atoms with Crippen LogP contribution in [-0.4, -0.2) is 80.1 Å². The zero-order valence-electron chi connectivity index (χ0n) is 33.4. The van der Waals surface area contributed by atoms with Crippen LogP contribution in [0.1, 0.15) is 96.3 Å². The maximum atomic E-state index is 13.6. The summed E-state index contributed by atoms with van der Waals surface area (Å²) in [4.78, 5) is 47.8. The Kier molecular flexibility index (Phi) is 11.4. The van der Waals surface area contributed by atoms with E-state index in [1.165, 1.54) is 0 Å². The largest absolute Gasteiger partial charge is 0.488 e. The maximum absolute atomic E-state index is 13.6. The number of carbonyl (C=O) groups is 2. The van der Waals surface area contributed by atoms with Crippen molar-refractivity contribution in [2.45, 2.75) is 111 Å². The Morgan fingerprint density at radius 3 is 2.07 bits per heavy atom. The van der Waals surface area contributed by atoms with Crippen molar-refractivity contribution in [3.05, 3.63) is 65.9 Å². The second kappa shape index (κ2) is 16.8. The van der Waals surface area contributed by atoms with E-state index in [-0.39, 0.29) is 23.9 Å². The number of nitrogens with one attached hydrogen (secondary N) is 2. The zero-order chi connectivity index (χ0) is 38.8. The quantitative estimate of drug-likeness (QED) is 0.123. The summed E-state index contributed by atoms with van der Waals surface area (Å²) in [6.07, 6.45) is 8.54. The number of H-pyrrole nitrogens is 2. The number of rotatable bonds is 13. The van der Waals surface area contributed by atoms with Gasteiger partial charge in [0.15, 0.2) is 0 Å². The van der Waals surface area contributed by atoms with Gasteiger partial charge in [-0.15, -0.1) is 0 Å². The molecule has 2 amide bonds. The summed E-state index contributed by atoms with van der Waals surface area (Å²) >= 11 is 0. The van der Waals surface area contributed by atoms with E-state index in [9.17, 15) is 9.59 Å². The molecule has 5 aromatic rings. The molecule has 5 heterocycles. The average Bonchev–Trinajstić information content (AvgIpc) is 3.88. The second-order valence-electron chi connectivity index (χ2n) is 16.2. The molecule has 3 aromatic carbocycles. The molecule has 0 spiro atoms. The number of amides is 2. The molecule has 8 rings (SSSR count). The summed E-state index contributed by atoms with van der Waals surface area (Å²) in [6, 6.07) is 15.3. The van der Waals surface area contributed by atoms with Crippen molar-refractivity contribution in [1.29, 1.82) is 0 Å². The molecule has 2 N–H and O–H groups in total. The van der Waals surface area contributed by atoms with Crippen LogP contribution in [-0.2, 0) is 38.8 Å². The minimum Gasteiger partial charge on any atom is -0.488 e. The zero-order valence-corrected chi connectivity index (χ0v) is 33.4. The molecule has 2 saturated heterocycles. The molecule has 0 aliphatic carbocycles. The Morgan fingerprint density at radius 1 is 0.786 bits per heavy atom. The van der Waals surface area contributed by atoms with E-state index in [1.54, 1.807) is 0 Å². The highest BCUT2D eigenvalue weighted by molar-refractivity contribution is 6.07. The molecule has 3 aliphatic rings. The molecule has 0 radical (unpaired) electrons. The van der Waals surface area contributed by atoms with Crippen LogP contribution < -0.4 is 4.74 Å². The molecular formula is C45H56N6O5. The lowest BCUT2D eigenvalue weighted by molar-refractivity contribution is -0.136. The van der Waals surface area contributed by atoms with E-state index in [0.29, 0.717) is 44.4 Å². The first-order chi connectivity index (χ1) is 27.3. The van der Waals surface area contributed by atoms with Crippen molar-refractivity contribution in [3.63, 3.8) is 0 Å². The van der Waals surface area contributed by atoms with Crippen LogP contribution in [0.2, 0.25) is 0 Å². The van der Waals surface area contributed by atoms with E-state index in [2.05, 4.69) is 80.1 Å². The summed E-state index contributed by atoms with van der Waals surface area (Å²) in [5, 5.41) is 2.11. The molecule has 296 valence electrons. The van der Waals surface area contributed by atoms with Gasteiger partial charge in [-0.3, -0.25) is 9.59 Å². The second-order valence-corrected chi connectivity index (χ2v) is 16.2. The number of benzene rings is 3.